The van der Waals surface area contributed by atoms with E-state index < -0.39 is 6.29 Å². The third kappa shape index (κ3) is 9.59. The second-order valence-corrected chi connectivity index (χ2v) is 3.57. The number of hydrogen-bond donors (Lipinski definition) is 1. The second kappa shape index (κ2) is 10.6. The van der Waals surface area contributed by atoms with Crippen molar-refractivity contribution in [1.29, 1.82) is 0 Å². The number of ether oxygens (including phenoxy) is 1. The minimum Gasteiger partial charge on any atom is -0.473 e. The zero-order valence-corrected chi connectivity index (χ0v) is 9.54. The molecule has 84 valence electrons. The first-order valence-corrected chi connectivity index (χ1v) is 5.79. The van der Waals surface area contributed by atoms with E-state index in [2.05, 4.69) is 6.92 Å². The monoisotopic (exact) mass is 200 g/mol. The maximum Gasteiger partial charge on any atom is 0.196 e. The molecule has 14 heavy (non-hydrogen) atoms. The fraction of sp³-hybridized carbons (Fsp3) is 0.833. The average molecular weight is 200 g/mol. The Bertz CT molecular complexity index is 132. The minimum absolute atomic E-state index is 0.633. The van der Waals surface area contributed by atoms with Gasteiger partial charge in [0, 0.05) is 6.42 Å². The summed E-state index contributed by atoms with van der Waals surface area (Å²) in [4.78, 5) is 0. The van der Waals surface area contributed by atoms with Gasteiger partial charge < -0.3 is 9.84 Å². The predicted molar refractivity (Wildman–Crippen MR) is 59.9 cm³/mol. The summed E-state index contributed by atoms with van der Waals surface area (Å²) in [6.45, 7) is 4.11. The summed E-state index contributed by atoms with van der Waals surface area (Å²) < 4.78 is 4.99. The van der Waals surface area contributed by atoms with Crippen LogP contribution in [0.25, 0.3) is 0 Å². The van der Waals surface area contributed by atoms with E-state index in [1.54, 1.807) is 6.26 Å². The predicted octanol–water partition coefficient (Wildman–Crippen LogP) is 3.61. The first kappa shape index (κ1) is 13.5. The summed E-state index contributed by atoms with van der Waals surface area (Å²) in [6.07, 6.45) is 11.2. The first-order valence-electron chi connectivity index (χ1n) is 5.79. The summed E-state index contributed by atoms with van der Waals surface area (Å²) in [5, 5.41) is 9.06. The molecule has 0 saturated heterocycles. The Hall–Kier alpha value is -0.500. The molecule has 0 amide bonds. The molecule has 0 aromatic carbocycles. The third-order valence-electron chi connectivity index (χ3n) is 2.16. The lowest BCUT2D eigenvalue weighted by atomic mass is 10.1. The minimum atomic E-state index is -0.633. The van der Waals surface area contributed by atoms with Crippen molar-refractivity contribution in [2.24, 2.45) is 0 Å². The summed E-state index contributed by atoms with van der Waals surface area (Å²) in [6, 6.07) is 0. The summed E-state index contributed by atoms with van der Waals surface area (Å²) in [7, 11) is 0. The molecule has 0 heterocycles. The number of rotatable bonds is 9. The lowest BCUT2D eigenvalue weighted by Crippen LogP contribution is -2.04. The molecule has 0 fully saturated rings. The number of allylic oxidation sites excluding steroid dienone is 1. The van der Waals surface area contributed by atoms with Crippen LogP contribution in [-0.2, 0) is 4.74 Å². The van der Waals surface area contributed by atoms with Crippen LogP contribution in [0.5, 0.6) is 0 Å². The van der Waals surface area contributed by atoms with Crippen molar-refractivity contribution in [3.8, 4) is 0 Å². The van der Waals surface area contributed by atoms with Crippen molar-refractivity contribution < 1.29 is 9.84 Å². The zero-order valence-electron chi connectivity index (χ0n) is 9.54. The molecule has 0 spiro atoms. The molecule has 2 nitrogen and oxygen atoms in total. The highest BCUT2D eigenvalue weighted by Crippen LogP contribution is 2.05. The van der Waals surface area contributed by atoms with Gasteiger partial charge in [0.1, 0.15) is 0 Å². The lowest BCUT2D eigenvalue weighted by molar-refractivity contribution is -0.0527. The molecule has 0 aliphatic heterocycles. The molecule has 0 rings (SSSR count). The van der Waals surface area contributed by atoms with E-state index in [4.69, 9.17) is 9.84 Å². The van der Waals surface area contributed by atoms with Gasteiger partial charge >= 0.3 is 0 Å². The van der Waals surface area contributed by atoms with Crippen molar-refractivity contribution >= 4 is 0 Å². The van der Waals surface area contributed by atoms with Gasteiger partial charge in [0.2, 0.25) is 0 Å². The molecule has 0 aromatic rings. The van der Waals surface area contributed by atoms with Gasteiger partial charge in [-0.1, -0.05) is 39.5 Å². The maximum atomic E-state index is 9.06. The van der Waals surface area contributed by atoms with Gasteiger partial charge in [0.05, 0.1) is 6.26 Å². The number of unbranched alkanes of at least 4 members (excludes halogenated alkanes) is 5. The number of hydrogen-bond acceptors (Lipinski definition) is 2. The van der Waals surface area contributed by atoms with Crippen LogP contribution in [0.15, 0.2) is 12.3 Å². The van der Waals surface area contributed by atoms with Gasteiger partial charge in [-0.05, 0) is 18.9 Å². The van der Waals surface area contributed by atoms with Gasteiger partial charge in [0.25, 0.3) is 0 Å². The molecule has 0 bridgehead atoms. The SMILES string of the molecule is CCCCCCCC=COC(O)CC. The van der Waals surface area contributed by atoms with Crippen LogP contribution in [0.1, 0.15) is 58.8 Å². The van der Waals surface area contributed by atoms with Crippen LogP contribution in [0.2, 0.25) is 0 Å². The molecule has 0 radical (unpaired) electrons. The van der Waals surface area contributed by atoms with Crippen molar-refractivity contribution in [2.75, 3.05) is 0 Å². The second-order valence-electron chi connectivity index (χ2n) is 3.57. The molecule has 0 aromatic heterocycles. The fourth-order valence-electron chi connectivity index (χ4n) is 1.18. The van der Waals surface area contributed by atoms with Crippen LogP contribution in [0.4, 0.5) is 0 Å². The van der Waals surface area contributed by atoms with Gasteiger partial charge in [-0.15, -0.1) is 0 Å². The van der Waals surface area contributed by atoms with Crippen LogP contribution in [0.3, 0.4) is 0 Å². The highest BCUT2D eigenvalue weighted by Gasteiger charge is 1.94. The summed E-state index contributed by atoms with van der Waals surface area (Å²) in [5.41, 5.74) is 0. The smallest absolute Gasteiger partial charge is 0.196 e. The Morgan fingerprint density at radius 1 is 1.14 bits per heavy atom. The molecule has 1 N–H and O–H groups in total. The maximum absolute atomic E-state index is 9.06. The molecule has 1 atom stereocenters. The quantitative estimate of drug-likeness (QED) is 0.350. The van der Waals surface area contributed by atoms with E-state index in [0.29, 0.717) is 6.42 Å². The summed E-state index contributed by atoms with van der Waals surface area (Å²) >= 11 is 0. The Morgan fingerprint density at radius 3 is 2.50 bits per heavy atom. The summed E-state index contributed by atoms with van der Waals surface area (Å²) in [5.74, 6) is 0. The Labute approximate surface area is 88.0 Å². The Balaban J connectivity index is 3.10. The zero-order chi connectivity index (χ0) is 10.6. The van der Waals surface area contributed by atoms with E-state index in [9.17, 15) is 0 Å². The molecule has 2 heteroatoms. The molecular weight excluding hydrogens is 176 g/mol. The van der Waals surface area contributed by atoms with Crippen molar-refractivity contribution in [1.82, 2.24) is 0 Å². The Morgan fingerprint density at radius 2 is 1.86 bits per heavy atom. The van der Waals surface area contributed by atoms with Gasteiger partial charge in [-0.25, -0.2) is 0 Å². The van der Waals surface area contributed by atoms with E-state index in [-0.39, 0.29) is 0 Å². The van der Waals surface area contributed by atoms with Crippen molar-refractivity contribution in [3.05, 3.63) is 12.3 Å². The lowest BCUT2D eigenvalue weighted by Gasteiger charge is -2.05. The number of aliphatic hydroxyl groups is 1. The fourth-order valence-corrected chi connectivity index (χ4v) is 1.18. The van der Waals surface area contributed by atoms with Crippen molar-refractivity contribution in [2.45, 2.75) is 65.1 Å². The van der Waals surface area contributed by atoms with Crippen LogP contribution >= 0.6 is 0 Å². The first-order chi connectivity index (χ1) is 6.81. The van der Waals surface area contributed by atoms with Crippen LogP contribution in [-0.4, -0.2) is 11.4 Å². The van der Waals surface area contributed by atoms with E-state index in [1.165, 1.54) is 32.1 Å². The highest BCUT2D eigenvalue weighted by molar-refractivity contribution is 4.73. The standard InChI is InChI=1S/C12H24O2/c1-3-5-6-7-8-9-10-11-14-12(13)4-2/h10-13H,3-9H2,1-2H3. The molecule has 0 saturated carbocycles. The normalized spacial score (nSPS) is 13.4. The van der Waals surface area contributed by atoms with Crippen molar-refractivity contribution in [3.63, 3.8) is 0 Å². The highest BCUT2D eigenvalue weighted by atomic mass is 16.6. The molecule has 1 unspecified atom stereocenters. The molecule has 0 aliphatic carbocycles. The van der Waals surface area contributed by atoms with Gasteiger partial charge in [-0.3, -0.25) is 0 Å². The molecule has 0 aliphatic rings. The average Bonchev–Trinajstić information content (AvgIpc) is 2.21. The van der Waals surface area contributed by atoms with E-state index >= 15 is 0 Å². The van der Waals surface area contributed by atoms with E-state index in [0.717, 1.165) is 6.42 Å². The van der Waals surface area contributed by atoms with Crippen LogP contribution in [0, 0.1) is 0 Å². The van der Waals surface area contributed by atoms with Crippen LogP contribution < -0.4 is 0 Å². The largest absolute Gasteiger partial charge is 0.473 e. The van der Waals surface area contributed by atoms with Gasteiger partial charge in [0.15, 0.2) is 6.29 Å². The topological polar surface area (TPSA) is 29.5 Å². The third-order valence-corrected chi connectivity index (χ3v) is 2.16. The number of aliphatic hydroxyl groups excluding tert-OH is 1. The molecular formula is C12H24O2. The van der Waals surface area contributed by atoms with Gasteiger partial charge in [-0.2, -0.15) is 0 Å². The Kier molecular flexibility index (Phi) is 10.2. The van der Waals surface area contributed by atoms with E-state index in [1.807, 2.05) is 13.0 Å².